The molecule has 17 heavy (non-hydrogen) atoms. The number of piperidine rings is 1. The summed E-state index contributed by atoms with van der Waals surface area (Å²) in [5.41, 5.74) is 0. The Morgan fingerprint density at radius 2 is 2.06 bits per heavy atom. The van der Waals surface area contributed by atoms with Gasteiger partial charge in [-0.15, -0.1) is 0 Å². The summed E-state index contributed by atoms with van der Waals surface area (Å²) in [7, 11) is 0. The Balaban J connectivity index is 2.55. The molecule has 0 saturated carbocycles. The van der Waals surface area contributed by atoms with E-state index in [-0.39, 0.29) is 0 Å². The van der Waals surface area contributed by atoms with Crippen LogP contribution in [0.2, 0.25) is 0 Å². The number of nitrogens with one attached hydrogen (secondary N) is 1. The monoisotopic (exact) mass is 240 g/mol. The molecule has 100 valence electrons. The molecule has 1 aliphatic heterocycles. The smallest absolute Gasteiger partial charge is 0.222 e. The molecule has 1 aliphatic rings. The summed E-state index contributed by atoms with van der Waals surface area (Å²) in [5.74, 6) is 1.46. The summed E-state index contributed by atoms with van der Waals surface area (Å²) < 4.78 is 0. The summed E-state index contributed by atoms with van der Waals surface area (Å²) in [4.78, 5) is 14.2. The number of carbonyl (C=O) groups excluding carboxylic acids is 1. The van der Waals surface area contributed by atoms with E-state index in [9.17, 15) is 4.79 Å². The molecular formula is C14H28N2O. The van der Waals surface area contributed by atoms with Crippen LogP contribution in [0.4, 0.5) is 0 Å². The predicted octanol–water partition coefficient (Wildman–Crippen LogP) is 2.27. The average molecular weight is 240 g/mol. The fourth-order valence-electron chi connectivity index (χ4n) is 2.62. The van der Waals surface area contributed by atoms with Gasteiger partial charge in [0.25, 0.3) is 0 Å². The number of likely N-dealkylation sites (N-methyl/N-ethyl adjacent to an activating group) is 1. The van der Waals surface area contributed by atoms with Crippen molar-refractivity contribution in [2.75, 3.05) is 19.6 Å². The first-order chi connectivity index (χ1) is 8.06. The van der Waals surface area contributed by atoms with Gasteiger partial charge in [0.15, 0.2) is 0 Å². The summed E-state index contributed by atoms with van der Waals surface area (Å²) >= 11 is 0. The quantitative estimate of drug-likeness (QED) is 0.799. The Morgan fingerprint density at radius 1 is 1.35 bits per heavy atom. The van der Waals surface area contributed by atoms with Crippen molar-refractivity contribution in [1.29, 1.82) is 0 Å². The molecular weight excluding hydrogens is 212 g/mol. The number of amides is 1. The second kappa shape index (κ2) is 7.00. The SMILES string of the molecule is CCNC1CC(CC)CN(C(=O)CC(C)C)C1. The molecule has 3 heteroatoms. The van der Waals surface area contributed by atoms with E-state index in [1.807, 2.05) is 0 Å². The molecule has 1 amide bonds. The second-order valence-electron chi connectivity index (χ2n) is 5.66. The van der Waals surface area contributed by atoms with Gasteiger partial charge in [0, 0.05) is 25.6 Å². The van der Waals surface area contributed by atoms with Gasteiger partial charge in [-0.2, -0.15) is 0 Å². The number of carbonyl (C=O) groups is 1. The van der Waals surface area contributed by atoms with Crippen LogP contribution >= 0.6 is 0 Å². The van der Waals surface area contributed by atoms with Gasteiger partial charge in [0.1, 0.15) is 0 Å². The molecule has 0 radical (unpaired) electrons. The summed E-state index contributed by atoms with van der Waals surface area (Å²) in [6.45, 7) is 11.4. The number of rotatable bonds is 5. The predicted molar refractivity (Wildman–Crippen MR) is 71.9 cm³/mol. The fourth-order valence-corrected chi connectivity index (χ4v) is 2.62. The zero-order chi connectivity index (χ0) is 12.8. The Hall–Kier alpha value is -0.570. The van der Waals surface area contributed by atoms with Gasteiger partial charge in [-0.05, 0) is 24.8 Å². The van der Waals surface area contributed by atoms with Crippen molar-refractivity contribution >= 4 is 5.91 Å². The minimum absolute atomic E-state index is 0.334. The van der Waals surface area contributed by atoms with Crippen LogP contribution in [-0.2, 0) is 4.79 Å². The molecule has 3 nitrogen and oxygen atoms in total. The van der Waals surface area contributed by atoms with Crippen molar-refractivity contribution in [1.82, 2.24) is 10.2 Å². The molecule has 1 fully saturated rings. The van der Waals surface area contributed by atoms with Crippen LogP contribution in [0.25, 0.3) is 0 Å². The van der Waals surface area contributed by atoms with E-state index in [2.05, 4.69) is 37.9 Å². The Labute approximate surface area is 106 Å². The highest BCUT2D eigenvalue weighted by Crippen LogP contribution is 2.21. The Kier molecular flexibility index (Phi) is 5.96. The largest absolute Gasteiger partial charge is 0.341 e. The van der Waals surface area contributed by atoms with E-state index in [0.717, 1.165) is 19.6 Å². The average Bonchev–Trinajstić information content (AvgIpc) is 2.28. The summed E-state index contributed by atoms with van der Waals surface area (Å²) in [6, 6.07) is 0.495. The number of hydrogen-bond acceptors (Lipinski definition) is 2. The first-order valence-electron chi connectivity index (χ1n) is 7.07. The van der Waals surface area contributed by atoms with Crippen molar-refractivity contribution in [3.8, 4) is 0 Å². The number of hydrogen-bond donors (Lipinski definition) is 1. The number of nitrogens with zero attached hydrogens (tertiary/aromatic N) is 1. The van der Waals surface area contributed by atoms with Crippen molar-refractivity contribution in [2.45, 2.75) is 53.0 Å². The van der Waals surface area contributed by atoms with E-state index in [4.69, 9.17) is 0 Å². The number of likely N-dealkylation sites (tertiary alicyclic amines) is 1. The van der Waals surface area contributed by atoms with Crippen molar-refractivity contribution < 1.29 is 4.79 Å². The lowest BCUT2D eigenvalue weighted by Crippen LogP contribution is -2.51. The van der Waals surface area contributed by atoms with Gasteiger partial charge in [0.2, 0.25) is 5.91 Å². The van der Waals surface area contributed by atoms with Crippen molar-refractivity contribution in [3.05, 3.63) is 0 Å². The maximum atomic E-state index is 12.1. The highest BCUT2D eigenvalue weighted by Gasteiger charge is 2.28. The van der Waals surface area contributed by atoms with E-state index < -0.39 is 0 Å². The van der Waals surface area contributed by atoms with Crippen LogP contribution in [0.3, 0.4) is 0 Å². The third-order valence-corrected chi connectivity index (χ3v) is 3.54. The molecule has 2 atom stereocenters. The van der Waals surface area contributed by atoms with E-state index in [1.165, 1.54) is 12.8 Å². The minimum Gasteiger partial charge on any atom is -0.341 e. The van der Waals surface area contributed by atoms with Gasteiger partial charge in [-0.1, -0.05) is 34.1 Å². The molecule has 1 heterocycles. The first-order valence-corrected chi connectivity index (χ1v) is 7.07. The van der Waals surface area contributed by atoms with Gasteiger partial charge in [-0.3, -0.25) is 4.79 Å². The Morgan fingerprint density at radius 3 is 2.59 bits per heavy atom. The maximum Gasteiger partial charge on any atom is 0.222 e. The third-order valence-electron chi connectivity index (χ3n) is 3.54. The normalized spacial score (nSPS) is 25.4. The summed E-state index contributed by atoms with van der Waals surface area (Å²) in [5, 5.41) is 3.49. The van der Waals surface area contributed by atoms with E-state index >= 15 is 0 Å². The first kappa shape index (κ1) is 14.5. The van der Waals surface area contributed by atoms with Gasteiger partial charge >= 0.3 is 0 Å². The van der Waals surface area contributed by atoms with Crippen LogP contribution in [0.1, 0.15) is 47.0 Å². The van der Waals surface area contributed by atoms with Crippen molar-refractivity contribution in [2.24, 2.45) is 11.8 Å². The van der Waals surface area contributed by atoms with Crippen LogP contribution in [0.5, 0.6) is 0 Å². The Bertz CT molecular complexity index is 240. The molecule has 1 saturated heterocycles. The van der Waals surface area contributed by atoms with Gasteiger partial charge in [-0.25, -0.2) is 0 Å². The molecule has 2 unspecified atom stereocenters. The molecule has 1 N–H and O–H groups in total. The van der Waals surface area contributed by atoms with Crippen LogP contribution < -0.4 is 5.32 Å². The molecule has 1 rings (SSSR count). The second-order valence-corrected chi connectivity index (χ2v) is 5.66. The lowest BCUT2D eigenvalue weighted by molar-refractivity contribution is -0.134. The lowest BCUT2D eigenvalue weighted by Gasteiger charge is -2.38. The highest BCUT2D eigenvalue weighted by atomic mass is 16.2. The van der Waals surface area contributed by atoms with Crippen LogP contribution in [0, 0.1) is 11.8 Å². The molecule has 0 bridgehead atoms. The third kappa shape index (κ3) is 4.66. The van der Waals surface area contributed by atoms with Crippen LogP contribution in [-0.4, -0.2) is 36.5 Å². The van der Waals surface area contributed by atoms with Gasteiger partial charge in [0.05, 0.1) is 0 Å². The lowest BCUT2D eigenvalue weighted by atomic mass is 9.91. The maximum absolute atomic E-state index is 12.1. The zero-order valence-corrected chi connectivity index (χ0v) is 11.8. The van der Waals surface area contributed by atoms with Crippen LogP contribution in [0.15, 0.2) is 0 Å². The zero-order valence-electron chi connectivity index (χ0n) is 11.8. The topological polar surface area (TPSA) is 32.3 Å². The molecule has 0 aromatic carbocycles. The van der Waals surface area contributed by atoms with Crippen molar-refractivity contribution in [3.63, 3.8) is 0 Å². The fraction of sp³-hybridized carbons (Fsp3) is 0.929. The molecule has 0 spiro atoms. The standard InChI is InChI=1S/C14H28N2O/c1-5-12-8-13(15-6-2)10-16(9-12)14(17)7-11(3)4/h11-13,15H,5-10H2,1-4H3. The van der Waals surface area contributed by atoms with Gasteiger partial charge < -0.3 is 10.2 Å². The minimum atomic E-state index is 0.334. The molecule has 0 aliphatic carbocycles. The molecule has 0 aromatic heterocycles. The highest BCUT2D eigenvalue weighted by molar-refractivity contribution is 5.76. The summed E-state index contributed by atoms with van der Waals surface area (Å²) in [6.07, 6.45) is 3.08. The van der Waals surface area contributed by atoms with E-state index in [1.54, 1.807) is 0 Å². The molecule has 0 aromatic rings. The van der Waals surface area contributed by atoms with E-state index in [0.29, 0.717) is 30.2 Å².